The fourth-order valence-corrected chi connectivity index (χ4v) is 9.40. The third-order valence-electron chi connectivity index (χ3n) is 10.4. The average molecular weight is 665 g/mol. The molecule has 2 aliphatic heterocycles. The van der Waals surface area contributed by atoms with Crippen molar-refractivity contribution in [1.29, 1.82) is 0 Å². The van der Waals surface area contributed by atoms with Gasteiger partial charge in [-0.15, -0.1) is 11.3 Å². The van der Waals surface area contributed by atoms with E-state index < -0.39 is 0 Å². The predicted molar refractivity (Wildman–Crippen MR) is 212 cm³/mol. The van der Waals surface area contributed by atoms with E-state index in [4.69, 9.17) is 9.98 Å². The van der Waals surface area contributed by atoms with Crippen molar-refractivity contribution < 1.29 is 0 Å². The van der Waals surface area contributed by atoms with E-state index in [-0.39, 0.29) is 0 Å². The number of benzene rings is 8. The molecule has 0 unspecified atom stereocenters. The van der Waals surface area contributed by atoms with Gasteiger partial charge in [0.15, 0.2) is 0 Å². The molecule has 11 rings (SSSR count). The number of para-hydroxylation sites is 1. The van der Waals surface area contributed by atoms with Gasteiger partial charge in [-0.05, 0) is 75.3 Å². The molecule has 0 saturated heterocycles. The van der Waals surface area contributed by atoms with Crippen molar-refractivity contribution in [1.82, 2.24) is 0 Å². The van der Waals surface area contributed by atoms with Crippen molar-refractivity contribution in [2.75, 3.05) is 0 Å². The standard InChI is InChI=1S/C48H28N2S/c1-2-13-29(14-3-1)30-15-4-5-16-31(30)32-17-6-7-19-34(32)45-36(35-21-12-24-43-44(35)38-20-9-11-23-42(38)51-43)25-27-40-46(45)47-41(49-40)28-26-37-33-18-8-10-22-39(33)50-48(37)47/h1-28H. The van der Waals surface area contributed by atoms with Gasteiger partial charge in [0, 0.05) is 47.3 Å². The Morgan fingerprint density at radius 2 is 1.04 bits per heavy atom. The van der Waals surface area contributed by atoms with Crippen molar-refractivity contribution >= 4 is 42.9 Å². The molecule has 51 heavy (non-hydrogen) atoms. The summed E-state index contributed by atoms with van der Waals surface area (Å²) in [4.78, 5) is 10.6. The minimum absolute atomic E-state index is 0.972. The molecule has 9 aromatic rings. The molecule has 1 aromatic heterocycles. The second kappa shape index (κ2) is 11.0. The zero-order valence-electron chi connectivity index (χ0n) is 27.5. The molecular weight excluding hydrogens is 637 g/mol. The molecule has 0 N–H and O–H groups in total. The lowest BCUT2D eigenvalue weighted by molar-refractivity contribution is 1.36. The molecule has 0 radical (unpaired) electrons. The van der Waals surface area contributed by atoms with Gasteiger partial charge in [-0.2, -0.15) is 0 Å². The van der Waals surface area contributed by atoms with Gasteiger partial charge in [0.25, 0.3) is 0 Å². The van der Waals surface area contributed by atoms with Crippen LogP contribution in [-0.2, 0) is 0 Å². The summed E-state index contributed by atoms with van der Waals surface area (Å²) in [6.45, 7) is 0. The molecule has 2 aliphatic rings. The molecule has 3 heterocycles. The first kappa shape index (κ1) is 28.4. The largest absolute Gasteiger partial charge is 0.248 e. The number of nitrogens with zero attached hydrogens (tertiary/aromatic N) is 2. The monoisotopic (exact) mass is 664 g/mol. The van der Waals surface area contributed by atoms with Crippen molar-refractivity contribution in [3.05, 3.63) is 191 Å². The second-order valence-electron chi connectivity index (χ2n) is 13.2. The van der Waals surface area contributed by atoms with Crippen LogP contribution in [0, 0.1) is 10.4 Å². The molecule has 8 aromatic carbocycles. The Balaban J connectivity index is 1.28. The Hall–Kier alpha value is -6.42. The molecule has 2 nitrogen and oxygen atoms in total. The van der Waals surface area contributed by atoms with Crippen LogP contribution in [0.4, 0.5) is 11.4 Å². The fourth-order valence-electron chi connectivity index (χ4n) is 8.27. The van der Waals surface area contributed by atoms with E-state index >= 15 is 0 Å². The summed E-state index contributed by atoms with van der Waals surface area (Å²) in [5.41, 5.74) is 13.9. The van der Waals surface area contributed by atoms with Crippen LogP contribution in [0.5, 0.6) is 0 Å². The summed E-state index contributed by atoms with van der Waals surface area (Å²) in [6.07, 6.45) is 0. The Kier molecular flexibility index (Phi) is 6.16. The number of rotatable bonds is 4. The smallest absolute Gasteiger partial charge is 0.0817 e. The molecule has 0 atom stereocenters. The summed E-state index contributed by atoms with van der Waals surface area (Å²) in [7, 11) is 0. The van der Waals surface area contributed by atoms with Crippen molar-refractivity contribution in [2.24, 2.45) is 9.98 Å². The molecule has 0 bridgehead atoms. The second-order valence-corrected chi connectivity index (χ2v) is 14.3. The van der Waals surface area contributed by atoms with E-state index in [0.29, 0.717) is 0 Å². The van der Waals surface area contributed by atoms with Gasteiger partial charge in [0.1, 0.15) is 0 Å². The van der Waals surface area contributed by atoms with Gasteiger partial charge in [-0.1, -0.05) is 133 Å². The normalized spacial score (nSPS) is 12.2. The summed E-state index contributed by atoms with van der Waals surface area (Å²) < 4.78 is 2.59. The number of hydrogen-bond donors (Lipinski definition) is 0. The molecule has 0 fully saturated rings. The maximum Gasteiger partial charge on any atom is 0.0817 e. The average Bonchev–Trinajstić information content (AvgIpc) is 3.89. The Bertz CT molecular complexity index is 3140. The number of thiophene rings is 1. The van der Waals surface area contributed by atoms with Gasteiger partial charge >= 0.3 is 0 Å². The number of hydrogen-bond acceptors (Lipinski definition) is 3. The van der Waals surface area contributed by atoms with Crippen LogP contribution in [0.1, 0.15) is 0 Å². The predicted octanol–water partition coefficient (Wildman–Crippen LogP) is 12.2. The van der Waals surface area contributed by atoms with Gasteiger partial charge in [0.05, 0.1) is 22.1 Å². The van der Waals surface area contributed by atoms with Crippen molar-refractivity contribution in [3.63, 3.8) is 0 Å². The summed E-state index contributed by atoms with van der Waals surface area (Å²) >= 11 is 1.86. The van der Waals surface area contributed by atoms with E-state index in [1.807, 2.05) is 11.3 Å². The maximum atomic E-state index is 5.29. The van der Waals surface area contributed by atoms with Crippen LogP contribution in [-0.4, -0.2) is 0 Å². The van der Waals surface area contributed by atoms with Gasteiger partial charge in [-0.25, -0.2) is 9.98 Å². The third-order valence-corrected chi connectivity index (χ3v) is 11.6. The zero-order valence-corrected chi connectivity index (χ0v) is 28.3. The van der Waals surface area contributed by atoms with Crippen molar-refractivity contribution in [2.45, 2.75) is 0 Å². The van der Waals surface area contributed by atoms with Gasteiger partial charge in [-0.3, -0.25) is 0 Å². The first-order valence-corrected chi connectivity index (χ1v) is 18.2. The van der Waals surface area contributed by atoms with Crippen LogP contribution in [0.3, 0.4) is 0 Å². The van der Waals surface area contributed by atoms with Gasteiger partial charge < -0.3 is 0 Å². The quantitative estimate of drug-likeness (QED) is 0.179. The van der Waals surface area contributed by atoms with Gasteiger partial charge in [0.2, 0.25) is 0 Å². The maximum absolute atomic E-state index is 5.29. The van der Waals surface area contributed by atoms with E-state index in [1.165, 1.54) is 69.9 Å². The summed E-state index contributed by atoms with van der Waals surface area (Å²) in [6, 6.07) is 61.4. The zero-order chi connectivity index (χ0) is 33.5. The fraction of sp³-hybridized carbons (Fsp3) is 0. The van der Waals surface area contributed by atoms with E-state index in [2.05, 4.69) is 170 Å². The molecular formula is C48H28N2S. The first-order valence-electron chi connectivity index (χ1n) is 17.3. The van der Waals surface area contributed by atoms with Crippen LogP contribution in [0.2, 0.25) is 0 Å². The Labute approximate surface area is 298 Å². The topological polar surface area (TPSA) is 24.7 Å². The molecule has 0 spiro atoms. The highest BCUT2D eigenvalue weighted by Crippen LogP contribution is 2.53. The van der Waals surface area contributed by atoms with E-state index in [1.54, 1.807) is 0 Å². The number of fused-ring (bicyclic) bond motifs is 9. The minimum atomic E-state index is 0.972. The first-order chi connectivity index (χ1) is 25.3. The molecule has 0 aliphatic carbocycles. The molecule has 236 valence electrons. The lowest BCUT2D eigenvalue weighted by atomic mass is 9.82. The Morgan fingerprint density at radius 3 is 1.92 bits per heavy atom. The Morgan fingerprint density at radius 1 is 0.353 bits per heavy atom. The highest BCUT2D eigenvalue weighted by Gasteiger charge is 2.28. The highest BCUT2D eigenvalue weighted by molar-refractivity contribution is 7.25. The lowest BCUT2D eigenvalue weighted by Crippen LogP contribution is -2.02. The lowest BCUT2D eigenvalue weighted by Gasteiger charge is -2.21. The van der Waals surface area contributed by atoms with Crippen LogP contribution in [0.25, 0.3) is 75.8 Å². The SMILES string of the molecule is c1ccc(-c2ccccc2-c2ccccc2-c2c(-c3cccc4sc5ccccc5c34)ccc3c2-c2c4c(ccc2=N3)=c2ccccc2=N4)cc1. The summed E-state index contributed by atoms with van der Waals surface area (Å²) in [5.74, 6) is 0. The van der Waals surface area contributed by atoms with E-state index in [9.17, 15) is 0 Å². The molecule has 0 amide bonds. The third kappa shape index (κ3) is 4.22. The highest BCUT2D eigenvalue weighted by atomic mass is 32.1. The van der Waals surface area contributed by atoms with Crippen molar-refractivity contribution in [3.8, 4) is 55.6 Å². The molecule has 3 heteroatoms. The minimum Gasteiger partial charge on any atom is -0.248 e. The molecule has 0 saturated carbocycles. The van der Waals surface area contributed by atoms with Crippen LogP contribution >= 0.6 is 11.3 Å². The van der Waals surface area contributed by atoms with E-state index in [0.717, 1.165) is 38.4 Å². The summed E-state index contributed by atoms with van der Waals surface area (Å²) in [5, 5.41) is 6.91. The van der Waals surface area contributed by atoms with Crippen LogP contribution < -0.4 is 10.7 Å². The van der Waals surface area contributed by atoms with Crippen LogP contribution in [0.15, 0.2) is 180 Å².